The van der Waals surface area contributed by atoms with Crippen LogP contribution in [-0.4, -0.2) is 30.2 Å². The van der Waals surface area contributed by atoms with E-state index >= 15 is 0 Å². The first-order chi connectivity index (χ1) is 13.1. The lowest BCUT2D eigenvalue weighted by atomic mass is 9.81. The molecule has 6 heteroatoms. The van der Waals surface area contributed by atoms with Crippen molar-refractivity contribution >= 4 is 11.9 Å². The molecule has 1 aromatic rings. The SMILES string of the molecule is COc1ccc(CNC(=O)C2CCCC(C(=O)O)C2)cc1OC1CCCC1. The van der Waals surface area contributed by atoms with Crippen molar-refractivity contribution in [1.29, 1.82) is 0 Å². The Bertz CT molecular complexity index is 669. The van der Waals surface area contributed by atoms with Crippen LogP contribution in [0.5, 0.6) is 11.5 Å². The fourth-order valence-corrected chi connectivity index (χ4v) is 4.09. The van der Waals surface area contributed by atoms with Crippen molar-refractivity contribution in [2.24, 2.45) is 11.8 Å². The predicted molar refractivity (Wildman–Crippen MR) is 101 cm³/mol. The van der Waals surface area contributed by atoms with Gasteiger partial charge in [-0.05, 0) is 62.6 Å². The van der Waals surface area contributed by atoms with Crippen LogP contribution >= 0.6 is 0 Å². The third-order valence-electron chi connectivity index (χ3n) is 5.68. The standard InChI is InChI=1S/C21H29NO5/c1-26-18-10-9-14(11-19(18)27-17-7-2-3-8-17)13-22-20(23)15-5-4-6-16(12-15)21(24)25/h9-11,15-17H,2-8,12-13H2,1H3,(H,22,23)(H,24,25). The highest BCUT2D eigenvalue weighted by Crippen LogP contribution is 2.33. The van der Waals surface area contributed by atoms with Gasteiger partial charge in [-0.15, -0.1) is 0 Å². The second-order valence-corrected chi connectivity index (χ2v) is 7.63. The van der Waals surface area contributed by atoms with Crippen LogP contribution in [0.4, 0.5) is 0 Å². The molecule has 2 saturated carbocycles. The molecule has 0 radical (unpaired) electrons. The lowest BCUT2D eigenvalue weighted by Crippen LogP contribution is -2.35. The van der Waals surface area contributed by atoms with Gasteiger partial charge in [-0.25, -0.2) is 0 Å². The van der Waals surface area contributed by atoms with Gasteiger partial charge in [-0.2, -0.15) is 0 Å². The maximum Gasteiger partial charge on any atom is 0.306 e. The molecule has 2 aliphatic carbocycles. The zero-order valence-corrected chi connectivity index (χ0v) is 15.9. The van der Waals surface area contributed by atoms with Crippen molar-refractivity contribution in [3.8, 4) is 11.5 Å². The summed E-state index contributed by atoms with van der Waals surface area (Å²) in [6, 6.07) is 5.72. The maximum absolute atomic E-state index is 12.5. The van der Waals surface area contributed by atoms with E-state index in [0.29, 0.717) is 25.1 Å². The molecule has 0 heterocycles. The number of benzene rings is 1. The summed E-state index contributed by atoms with van der Waals surface area (Å²) in [4.78, 5) is 23.7. The number of hydrogen-bond acceptors (Lipinski definition) is 4. The van der Waals surface area contributed by atoms with Crippen LogP contribution in [-0.2, 0) is 16.1 Å². The monoisotopic (exact) mass is 375 g/mol. The van der Waals surface area contributed by atoms with Gasteiger partial charge in [0.25, 0.3) is 0 Å². The maximum atomic E-state index is 12.5. The number of nitrogens with one attached hydrogen (secondary N) is 1. The van der Waals surface area contributed by atoms with E-state index < -0.39 is 11.9 Å². The van der Waals surface area contributed by atoms with Gasteiger partial charge >= 0.3 is 5.97 Å². The summed E-state index contributed by atoms with van der Waals surface area (Å²) >= 11 is 0. The molecule has 2 unspecified atom stereocenters. The first kappa shape index (κ1) is 19.5. The number of methoxy groups -OCH3 is 1. The minimum absolute atomic E-state index is 0.0602. The van der Waals surface area contributed by atoms with Gasteiger partial charge in [0.1, 0.15) is 0 Å². The van der Waals surface area contributed by atoms with Gasteiger partial charge < -0.3 is 19.9 Å². The van der Waals surface area contributed by atoms with E-state index in [1.807, 2.05) is 18.2 Å². The summed E-state index contributed by atoms with van der Waals surface area (Å²) in [6.07, 6.45) is 7.40. The number of ether oxygens (including phenoxy) is 2. The molecule has 148 valence electrons. The third kappa shape index (κ3) is 5.15. The summed E-state index contributed by atoms with van der Waals surface area (Å²) in [5, 5.41) is 12.1. The number of aliphatic carboxylic acids is 1. The first-order valence-corrected chi connectivity index (χ1v) is 9.91. The first-order valence-electron chi connectivity index (χ1n) is 9.91. The van der Waals surface area contributed by atoms with E-state index in [2.05, 4.69) is 5.32 Å². The molecule has 0 aromatic heterocycles. The van der Waals surface area contributed by atoms with Crippen LogP contribution in [0.25, 0.3) is 0 Å². The molecule has 2 atom stereocenters. The second-order valence-electron chi connectivity index (χ2n) is 7.63. The van der Waals surface area contributed by atoms with Crippen LogP contribution < -0.4 is 14.8 Å². The van der Waals surface area contributed by atoms with Crippen molar-refractivity contribution < 1.29 is 24.2 Å². The van der Waals surface area contributed by atoms with Gasteiger partial charge in [0.2, 0.25) is 5.91 Å². The average Bonchev–Trinajstić information content (AvgIpc) is 3.19. The number of carboxylic acid groups (broad SMARTS) is 1. The molecule has 1 aromatic carbocycles. The quantitative estimate of drug-likeness (QED) is 0.762. The van der Waals surface area contributed by atoms with Gasteiger partial charge in [0.05, 0.1) is 19.1 Å². The van der Waals surface area contributed by atoms with E-state index in [-0.39, 0.29) is 17.9 Å². The Morgan fingerprint density at radius 1 is 1.07 bits per heavy atom. The van der Waals surface area contributed by atoms with Crippen LogP contribution in [0.1, 0.15) is 56.9 Å². The molecular weight excluding hydrogens is 346 g/mol. The van der Waals surface area contributed by atoms with Crippen molar-refractivity contribution in [1.82, 2.24) is 5.32 Å². The van der Waals surface area contributed by atoms with Crippen molar-refractivity contribution in [3.63, 3.8) is 0 Å². The summed E-state index contributed by atoms with van der Waals surface area (Å²) in [6.45, 7) is 0.401. The van der Waals surface area contributed by atoms with Crippen molar-refractivity contribution in [2.45, 2.75) is 64.0 Å². The van der Waals surface area contributed by atoms with E-state index in [9.17, 15) is 14.7 Å². The molecule has 2 aliphatic rings. The Hall–Kier alpha value is -2.24. The lowest BCUT2D eigenvalue weighted by molar-refractivity contribution is -0.144. The van der Waals surface area contributed by atoms with Crippen molar-refractivity contribution in [3.05, 3.63) is 23.8 Å². The Balaban J connectivity index is 1.58. The van der Waals surface area contributed by atoms with E-state index in [0.717, 1.165) is 37.0 Å². The number of carbonyl (C=O) groups excluding carboxylic acids is 1. The fraction of sp³-hybridized carbons (Fsp3) is 0.619. The summed E-state index contributed by atoms with van der Waals surface area (Å²) in [5.74, 6) is -0.0473. The highest BCUT2D eigenvalue weighted by atomic mass is 16.5. The van der Waals surface area contributed by atoms with E-state index in [1.165, 1.54) is 12.8 Å². The molecule has 0 saturated heterocycles. The fourth-order valence-electron chi connectivity index (χ4n) is 4.09. The minimum atomic E-state index is -0.795. The number of rotatable bonds is 7. The zero-order valence-electron chi connectivity index (χ0n) is 15.9. The molecule has 3 rings (SSSR count). The van der Waals surface area contributed by atoms with Crippen LogP contribution in [0, 0.1) is 11.8 Å². The molecule has 6 nitrogen and oxygen atoms in total. The molecule has 2 N–H and O–H groups in total. The Morgan fingerprint density at radius 3 is 2.52 bits per heavy atom. The van der Waals surface area contributed by atoms with Gasteiger partial charge in [0.15, 0.2) is 11.5 Å². The largest absolute Gasteiger partial charge is 0.493 e. The summed E-state index contributed by atoms with van der Waals surface area (Å²) < 4.78 is 11.5. The summed E-state index contributed by atoms with van der Waals surface area (Å²) in [7, 11) is 1.63. The van der Waals surface area contributed by atoms with E-state index in [4.69, 9.17) is 9.47 Å². The average molecular weight is 375 g/mol. The molecule has 0 aliphatic heterocycles. The number of amides is 1. The molecule has 1 amide bonds. The Kier molecular flexibility index (Phi) is 6.58. The number of carbonyl (C=O) groups is 2. The minimum Gasteiger partial charge on any atom is -0.493 e. The highest BCUT2D eigenvalue weighted by Gasteiger charge is 2.30. The Morgan fingerprint density at radius 2 is 1.81 bits per heavy atom. The number of hydrogen-bond donors (Lipinski definition) is 2. The summed E-state index contributed by atoms with van der Waals surface area (Å²) in [5.41, 5.74) is 0.947. The highest BCUT2D eigenvalue weighted by molar-refractivity contribution is 5.80. The van der Waals surface area contributed by atoms with Crippen LogP contribution in [0.3, 0.4) is 0 Å². The zero-order chi connectivity index (χ0) is 19.2. The van der Waals surface area contributed by atoms with Gasteiger partial charge in [0, 0.05) is 12.5 Å². The van der Waals surface area contributed by atoms with Gasteiger partial charge in [-0.1, -0.05) is 12.5 Å². The molecular formula is C21H29NO5. The third-order valence-corrected chi connectivity index (χ3v) is 5.68. The van der Waals surface area contributed by atoms with Crippen LogP contribution in [0.15, 0.2) is 18.2 Å². The van der Waals surface area contributed by atoms with Crippen molar-refractivity contribution in [2.75, 3.05) is 7.11 Å². The molecule has 2 fully saturated rings. The lowest BCUT2D eigenvalue weighted by Gasteiger charge is -2.25. The molecule has 0 bridgehead atoms. The van der Waals surface area contributed by atoms with Crippen LogP contribution in [0.2, 0.25) is 0 Å². The second kappa shape index (κ2) is 9.11. The topological polar surface area (TPSA) is 84.9 Å². The Labute approximate surface area is 160 Å². The van der Waals surface area contributed by atoms with Gasteiger partial charge in [-0.3, -0.25) is 9.59 Å². The van der Waals surface area contributed by atoms with E-state index in [1.54, 1.807) is 7.11 Å². The predicted octanol–water partition coefficient (Wildman–Crippen LogP) is 3.52. The normalized spacial score (nSPS) is 23.0. The molecule has 0 spiro atoms. The smallest absolute Gasteiger partial charge is 0.306 e. The molecule has 27 heavy (non-hydrogen) atoms. The number of carboxylic acids is 1.